The fourth-order valence-electron chi connectivity index (χ4n) is 0.691. The van der Waals surface area contributed by atoms with Crippen LogP contribution in [0.4, 0.5) is 0 Å². The van der Waals surface area contributed by atoms with Crippen LogP contribution in [0.1, 0.15) is 0 Å². The fraction of sp³-hybridized carbons (Fsp3) is 0.833. The number of carbonyl (C=O) groups is 1. The van der Waals surface area contributed by atoms with Crippen molar-refractivity contribution in [2.24, 2.45) is 5.73 Å². The summed E-state index contributed by atoms with van der Waals surface area (Å²) in [5, 5.41) is 44.0. The second-order valence-corrected chi connectivity index (χ2v) is 2.58. The number of rotatable bonds is 5. The summed E-state index contributed by atoms with van der Waals surface area (Å²) in [6, 6.07) is 0. The van der Waals surface area contributed by atoms with E-state index in [0.29, 0.717) is 0 Å². The summed E-state index contributed by atoms with van der Waals surface area (Å²) in [7, 11) is 0. The van der Waals surface area contributed by atoms with Gasteiger partial charge in [0, 0.05) is 0 Å². The molecule has 0 aliphatic heterocycles. The van der Waals surface area contributed by atoms with Gasteiger partial charge in [-0.3, -0.25) is 4.79 Å². The van der Waals surface area contributed by atoms with Gasteiger partial charge in [0.15, 0.2) is 6.10 Å². The number of nitrogens with two attached hydrogens (primary N) is 1. The molecule has 0 rings (SSSR count). The van der Waals surface area contributed by atoms with Gasteiger partial charge in [-0.05, 0) is 0 Å². The topological polar surface area (TPSA) is 179 Å². The van der Waals surface area contributed by atoms with Gasteiger partial charge in [0.1, 0.15) is 18.3 Å². The predicted octanol–water partition coefficient (Wildman–Crippen LogP) is -3.93. The minimum atomic E-state index is -1.98. The molecule has 14 heavy (non-hydrogen) atoms. The molecule has 0 saturated heterocycles. The lowest BCUT2D eigenvalue weighted by molar-refractivity contribution is -0.146. The monoisotopic (exact) mass is 212 g/mol. The van der Waals surface area contributed by atoms with Crippen molar-refractivity contribution in [3.05, 3.63) is 0 Å². The van der Waals surface area contributed by atoms with Crippen molar-refractivity contribution < 1.29 is 30.3 Å². The molecule has 0 aromatic heterocycles. The first-order chi connectivity index (χ1) is 5.91. The van der Waals surface area contributed by atoms with Crippen LogP contribution in [0.5, 0.6) is 0 Å². The Hall–Kier alpha value is -0.770. The van der Waals surface area contributed by atoms with Gasteiger partial charge in [-0.15, -0.1) is 0 Å². The number of hydrogen-bond donors (Lipinski definition) is 7. The first-order valence-corrected chi connectivity index (χ1v) is 3.54. The van der Waals surface area contributed by atoms with Crippen molar-refractivity contribution in [1.82, 2.24) is 6.15 Å². The maximum absolute atomic E-state index is 10.3. The highest BCUT2D eigenvalue weighted by atomic mass is 16.4. The van der Waals surface area contributed by atoms with Crippen LogP contribution in [0.2, 0.25) is 0 Å². The molecule has 0 aliphatic carbocycles. The molecule has 0 aromatic carbocycles. The van der Waals surface area contributed by atoms with Crippen LogP contribution in [0.15, 0.2) is 0 Å². The standard InChI is InChI=1S/C6H13NO6.H3N/c7-6(13)5(12)4(11)3(10)2(9)1-8;/h2-5,8-12H,1H2,(H2,7,13);1H3. The maximum Gasteiger partial charge on any atom is 0.249 e. The fourth-order valence-corrected chi connectivity index (χ4v) is 0.691. The van der Waals surface area contributed by atoms with E-state index in [1.165, 1.54) is 0 Å². The molecule has 86 valence electrons. The third-order valence-corrected chi connectivity index (χ3v) is 1.55. The minimum absolute atomic E-state index is 0. The van der Waals surface area contributed by atoms with Crippen LogP contribution in [0.3, 0.4) is 0 Å². The summed E-state index contributed by atoms with van der Waals surface area (Å²) >= 11 is 0. The van der Waals surface area contributed by atoms with Crippen molar-refractivity contribution in [3.63, 3.8) is 0 Å². The largest absolute Gasteiger partial charge is 0.394 e. The highest BCUT2D eigenvalue weighted by Gasteiger charge is 2.32. The number of carbonyl (C=O) groups excluding carboxylic acids is 1. The molecule has 1 amide bonds. The van der Waals surface area contributed by atoms with E-state index in [1.807, 2.05) is 0 Å². The van der Waals surface area contributed by atoms with Crippen LogP contribution in [-0.2, 0) is 4.79 Å². The van der Waals surface area contributed by atoms with Crippen molar-refractivity contribution in [3.8, 4) is 0 Å². The molecule has 0 bridgehead atoms. The Morgan fingerprint density at radius 2 is 1.57 bits per heavy atom. The first-order valence-electron chi connectivity index (χ1n) is 3.54. The molecule has 8 nitrogen and oxygen atoms in total. The third-order valence-electron chi connectivity index (χ3n) is 1.55. The van der Waals surface area contributed by atoms with E-state index in [1.54, 1.807) is 0 Å². The van der Waals surface area contributed by atoms with Crippen molar-refractivity contribution in [2.45, 2.75) is 24.4 Å². The zero-order chi connectivity index (χ0) is 10.6. The molecule has 10 N–H and O–H groups in total. The lowest BCUT2D eigenvalue weighted by Gasteiger charge is -2.23. The molecule has 0 heterocycles. The van der Waals surface area contributed by atoms with E-state index >= 15 is 0 Å². The summed E-state index contributed by atoms with van der Waals surface area (Å²) in [5.74, 6) is -1.23. The van der Waals surface area contributed by atoms with Crippen molar-refractivity contribution in [1.29, 1.82) is 0 Å². The zero-order valence-corrected chi connectivity index (χ0v) is 7.45. The molecule has 0 aliphatic rings. The van der Waals surface area contributed by atoms with Crippen LogP contribution >= 0.6 is 0 Å². The van der Waals surface area contributed by atoms with Crippen LogP contribution in [0.25, 0.3) is 0 Å². The summed E-state index contributed by atoms with van der Waals surface area (Å²) in [5.41, 5.74) is 4.61. The Balaban J connectivity index is 0. The van der Waals surface area contributed by atoms with Crippen molar-refractivity contribution in [2.75, 3.05) is 6.61 Å². The summed E-state index contributed by atoms with van der Waals surface area (Å²) in [4.78, 5) is 10.3. The van der Waals surface area contributed by atoms with Gasteiger partial charge in [-0.25, -0.2) is 0 Å². The Kier molecular flexibility index (Phi) is 7.45. The summed E-state index contributed by atoms with van der Waals surface area (Å²) < 4.78 is 0. The number of amides is 1. The number of hydrogen-bond acceptors (Lipinski definition) is 7. The van der Waals surface area contributed by atoms with Crippen molar-refractivity contribution >= 4 is 5.91 Å². The van der Waals surface area contributed by atoms with Gasteiger partial charge in [0.05, 0.1) is 6.61 Å². The molecular weight excluding hydrogens is 196 g/mol. The van der Waals surface area contributed by atoms with Crippen LogP contribution < -0.4 is 11.9 Å². The smallest absolute Gasteiger partial charge is 0.249 e. The van der Waals surface area contributed by atoms with Gasteiger partial charge in [-0.1, -0.05) is 0 Å². The number of aliphatic hydroxyl groups is 5. The second-order valence-electron chi connectivity index (χ2n) is 2.58. The van der Waals surface area contributed by atoms with E-state index in [2.05, 4.69) is 5.73 Å². The quantitative estimate of drug-likeness (QED) is 0.243. The maximum atomic E-state index is 10.3. The van der Waals surface area contributed by atoms with E-state index in [4.69, 9.17) is 25.5 Å². The lowest BCUT2D eigenvalue weighted by atomic mass is 10.0. The highest BCUT2D eigenvalue weighted by molar-refractivity contribution is 5.79. The molecular formula is C6H16N2O6. The average molecular weight is 212 g/mol. The van der Waals surface area contributed by atoms with E-state index in [-0.39, 0.29) is 6.15 Å². The normalized spacial score (nSPS) is 18.9. The summed E-state index contributed by atoms with van der Waals surface area (Å²) in [6.07, 6.45) is -7.35. The Labute approximate surface area is 80.2 Å². The van der Waals surface area contributed by atoms with Gasteiger partial charge >= 0.3 is 0 Å². The molecule has 4 unspecified atom stereocenters. The Morgan fingerprint density at radius 1 is 1.14 bits per heavy atom. The van der Waals surface area contributed by atoms with E-state index in [0.717, 1.165) is 0 Å². The van der Waals surface area contributed by atoms with Crippen LogP contribution in [-0.4, -0.2) is 62.5 Å². The molecule has 0 spiro atoms. The molecule has 4 atom stereocenters. The second kappa shape index (κ2) is 6.65. The molecule has 0 saturated carbocycles. The molecule has 0 fully saturated rings. The SMILES string of the molecule is N.NC(=O)C(O)C(O)C(O)C(O)CO. The molecule has 8 heteroatoms. The number of aliphatic hydroxyl groups excluding tert-OH is 5. The van der Waals surface area contributed by atoms with E-state index in [9.17, 15) is 4.79 Å². The third kappa shape index (κ3) is 3.96. The van der Waals surface area contributed by atoms with Gasteiger partial charge in [0.25, 0.3) is 0 Å². The predicted molar refractivity (Wildman–Crippen MR) is 45.3 cm³/mol. The summed E-state index contributed by atoms with van der Waals surface area (Å²) in [6.45, 7) is -0.802. The first kappa shape index (κ1) is 15.7. The average Bonchev–Trinajstić information content (AvgIpc) is 2.12. The highest BCUT2D eigenvalue weighted by Crippen LogP contribution is 2.04. The molecule has 0 radical (unpaired) electrons. The lowest BCUT2D eigenvalue weighted by Crippen LogP contribution is -2.50. The van der Waals surface area contributed by atoms with Crippen LogP contribution in [0, 0.1) is 0 Å². The molecule has 0 aromatic rings. The Bertz CT molecular complexity index is 178. The zero-order valence-electron chi connectivity index (χ0n) is 7.45. The number of primary amides is 1. The minimum Gasteiger partial charge on any atom is -0.394 e. The van der Waals surface area contributed by atoms with E-state index < -0.39 is 36.9 Å². The van der Waals surface area contributed by atoms with Gasteiger partial charge < -0.3 is 37.4 Å². The Morgan fingerprint density at radius 3 is 1.86 bits per heavy atom. The van der Waals surface area contributed by atoms with Gasteiger partial charge in [-0.2, -0.15) is 0 Å². The van der Waals surface area contributed by atoms with Gasteiger partial charge in [0.2, 0.25) is 5.91 Å².